The van der Waals surface area contributed by atoms with Crippen LogP contribution in [0.15, 0.2) is 12.2 Å². The fourth-order valence-electron chi connectivity index (χ4n) is 2.63. The SMILES string of the molecule is CC1CCC(C(C)C)C(OCC=CC(=O)O)C1. The molecule has 3 nitrogen and oxygen atoms in total. The molecule has 0 aromatic rings. The standard InChI is InChI=1S/C14H24O3/c1-10(2)12-7-6-11(3)9-13(12)17-8-4-5-14(15)16/h4-5,10-13H,6-9H2,1-3H3,(H,15,16). The number of hydrogen-bond acceptors (Lipinski definition) is 2. The monoisotopic (exact) mass is 240 g/mol. The van der Waals surface area contributed by atoms with Crippen molar-refractivity contribution in [1.29, 1.82) is 0 Å². The molecule has 0 amide bonds. The average molecular weight is 240 g/mol. The topological polar surface area (TPSA) is 46.5 Å². The predicted octanol–water partition coefficient (Wildman–Crippen LogP) is 3.10. The molecule has 0 aromatic carbocycles. The van der Waals surface area contributed by atoms with E-state index in [0.29, 0.717) is 18.4 Å². The Morgan fingerprint density at radius 2 is 2.18 bits per heavy atom. The first-order valence-corrected chi connectivity index (χ1v) is 6.51. The van der Waals surface area contributed by atoms with Crippen LogP contribution in [0, 0.1) is 17.8 Å². The molecule has 0 heterocycles. The Hall–Kier alpha value is -0.830. The van der Waals surface area contributed by atoms with Crippen molar-refractivity contribution in [3.05, 3.63) is 12.2 Å². The van der Waals surface area contributed by atoms with Crippen molar-refractivity contribution >= 4 is 5.97 Å². The van der Waals surface area contributed by atoms with E-state index in [1.165, 1.54) is 12.8 Å². The van der Waals surface area contributed by atoms with Crippen LogP contribution in [0.4, 0.5) is 0 Å². The smallest absolute Gasteiger partial charge is 0.328 e. The van der Waals surface area contributed by atoms with E-state index in [-0.39, 0.29) is 6.10 Å². The van der Waals surface area contributed by atoms with Gasteiger partial charge in [-0.1, -0.05) is 33.3 Å². The van der Waals surface area contributed by atoms with Gasteiger partial charge in [0.25, 0.3) is 0 Å². The van der Waals surface area contributed by atoms with Gasteiger partial charge in [-0.25, -0.2) is 4.79 Å². The minimum atomic E-state index is -0.911. The number of carbonyl (C=O) groups is 1. The van der Waals surface area contributed by atoms with Gasteiger partial charge in [-0.2, -0.15) is 0 Å². The molecule has 1 saturated carbocycles. The van der Waals surface area contributed by atoms with Gasteiger partial charge in [0.05, 0.1) is 12.7 Å². The zero-order valence-corrected chi connectivity index (χ0v) is 11.1. The molecule has 3 heteroatoms. The van der Waals surface area contributed by atoms with Crippen molar-refractivity contribution in [3.8, 4) is 0 Å². The highest BCUT2D eigenvalue weighted by atomic mass is 16.5. The molecule has 1 N–H and O–H groups in total. The lowest BCUT2D eigenvalue weighted by Gasteiger charge is -2.36. The van der Waals surface area contributed by atoms with Crippen molar-refractivity contribution in [1.82, 2.24) is 0 Å². The van der Waals surface area contributed by atoms with Crippen LogP contribution in [0.25, 0.3) is 0 Å². The summed E-state index contributed by atoms with van der Waals surface area (Å²) in [6.07, 6.45) is 6.64. The fraction of sp³-hybridized carbons (Fsp3) is 0.786. The molecule has 1 aliphatic rings. The third-order valence-electron chi connectivity index (χ3n) is 3.63. The van der Waals surface area contributed by atoms with Gasteiger partial charge in [-0.3, -0.25) is 0 Å². The summed E-state index contributed by atoms with van der Waals surface area (Å²) in [6, 6.07) is 0. The van der Waals surface area contributed by atoms with E-state index in [0.717, 1.165) is 18.4 Å². The van der Waals surface area contributed by atoms with E-state index in [1.54, 1.807) is 6.08 Å². The minimum Gasteiger partial charge on any atom is -0.478 e. The molecular weight excluding hydrogens is 216 g/mol. The second-order valence-corrected chi connectivity index (χ2v) is 5.44. The van der Waals surface area contributed by atoms with Crippen LogP contribution >= 0.6 is 0 Å². The van der Waals surface area contributed by atoms with E-state index in [4.69, 9.17) is 9.84 Å². The molecule has 0 radical (unpaired) electrons. The van der Waals surface area contributed by atoms with Crippen molar-refractivity contribution in [2.75, 3.05) is 6.61 Å². The van der Waals surface area contributed by atoms with Crippen molar-refractivity contribution in [3.63, 3.8) is 0 Å². The molecule has 0 aromatic heterocycles. The minimum absolute atomic E-state index is 0.289. The van der Waals surface area contributed by atoms with Gasteiger partial charge in [0.2, 0.25) is 0 Å². The Labute approximate surface area is 104 Å². The molecule has 0 spiro atoms. The van der Waals surface area contributed by atoms with Gasteiger partial charge >= 0.3 is 5.97 Å². The summed E-state index contributed by atoms with van der Waals surface area (Å²) in [6.45, 7) is 7.15. The molecule has 0 saturated heterocycles. The molecule has 3 unspecified atom stereocenters. The summed E-state index contributed by atoms with van der Waals surface area (Å²) in [4.78, 5) is 10.3. The Morgan fingerprint density at radius 3 is 2.76 bits per heavy atom. The highest BCUT2D eigenvalue weighted by molar-refractivity contribution is 5.79. The van der Waals surface area contributed by atoms with Crippen LogP contribution in [0.1, 0.15) is 40.0 Å². The summed E-state index contributed by atoms with van der Waals surface area (Å²) in [7, 11) is 0. The molecule has 17 heavy (non-hydrogen) atoms. The fourth-order valence-corrected chi connectivity index (χ4v) is 2.63. The number of ether oxygens (including phenoxy) is 1. The first kappa shape index (κ1) is 14.2. The second kappa shape index (κ2) is 6.80. The van der Waals surface area contributed by atoms with Crippen LogP contribution in [-0.2, 0) is 9.53 Å². The Balaban J connectivity index is 2.43. The van der Waals surface area contributed by atoms with Crippen molar-refractivity contribution in [2.45, 2.75) is 46.1 Å². The average Bonchev–Trinajstić information content (AvgIpc) is 2.23. The highest BCUT2D eigenvalue weighted by Gasteiger charge is 2.30. The van der Waals surface area contributed by atoms with E-state index >= 15 is 0 Å². The van der Waals surface area contributed by atoms with Gasteiger partial charge in [-0.05, 0) is 30.6 Å². The van der Waals surface area contributed by atoms with E-state index < -0.39 is 5.97 Å². The van der Waals surface area contributed by atoms with Gasteiger partial charge in [0.15, 0.2) is 0 Å². The van der Waals surface area contributed by atoms with Crippen LogP contribution in [0.3, 0.4) is 0 Å². The van der Waals surface area contributed by atoms with E-state index in [2.05, 4.69) is 20.8 Å². The summed E-state index contributed by atoms with van der Waals surface area (Å²) in [5, 5.41) is 8.49. The molecule has 1 fully saturated rings. The molecule has 1 aliphatic carbocycles. The third kappa shape index (κ3) is 4.90. The van der Waals surface area contributed by atoms with Crippen molar-refractivity contribution < 1.29 is 14.6 Å². The maximum Gasteiger partial charge on any atom is 0.328 e. The Morgan fingerprint density at radius 1 is 1.47 bits per heavy atom. The number of hydrogen-bond donors (Lipinski definition) is 1. The lowest BCUT2D eigenvalue weighted by atomic mass is 9.75. The summed E-state index contributed by atoms with van der Waals surface area (Å²) in [5.74, 6) is 1.06. The second-order valence-electron chi connectivity index (χ2n) is 5.44. The highest BCUT2D eigenvalue weighted by Crippen LogP contribution is 2.35. The van der Waals surface area contributed by atoms with Gasteiger partial charge in [-0.15, -0.1) is 0 Å². The maximum absolute atomic E-state index is 10.3. The summed E-state index contributed by atoms with van der Waals surface area (Å²) >= 11 is 0. The number of rotatable bonds is 5. The molecule has 0 bridgehead atoms. The van der Waals surface area contributed by atoms with Crippen LogP contribution in [0.2, 0.25) is 0 Å². The van der Waals surface area contributed by atoms with Crippen LogP contribution < -0.4 is 0 Å². The maximum atomic E-state index is 10.3. The van der Waals surface area contributed by atoms with Crippen LogP contribution in [-0.4, -0.2) is 23.8 Å². The number of carboxylic acid groups (broad SMARTS) is 1. The zero-order valence-electron chi connectivity index (χ0n) is 11.1. The first-order valence-electron chi connectivity index (χ1n) is 6.51. The molecule has 98 valence electrons. The normalized spacial score (nSPS) is 30.0. The van der Waals surface area contributed by atoms with Crippen LogP contribution in [0.5, 0.6) is 0 Å². The summed E-state index contributed by atoms with van der Waals surface area (Å²) in [5.41, 5.74) is 0. The lowest BCUT2D eigenvalue weighted by Crippen LogP contribution is -2.34. The molecule has 1 rings (SSSR count). The van der Waals surface area contributed by atoms with E-state index in [1.807, 2.05) is 0 Å². The third-order valence-corrected chi connectivity index (χ3v) is 3.63. The molecule has 3 atom stereocenters. The number of aliphatic carboxylic acids is 1. The molecule has 0 aliphatic heterocycles. The Bertz CT molecular complexity index is 271. The van der Waals surface area contributed by atoms with Crippen molar-refractivity contribution in [2.24, 2.45) is 17.8 Å². The predicted molar refractivity (Wildman–Crippen MR) is 67.9 cm³/mol. The van der Waals surface area contributed by atoms with Gasteiger partial charge < -0.3 is 9.84 Å². The number of carboxylic acids is 1. The summed E-state index contributed by atoms with van der Waals surface area (Å²) < 4.78 is 5.83. The van der Waals surface area contributed by atoms with Gasteiger partial charge in [0.1, 0.15) is 0 Å². The Kier molecular flexibility index (Phi) is 5.69. The van der Waals surface area contributed by atoms with Gasteiger partial charge in [0, 0.05) is 6.08 Å². The quantitative estimate of drug-likeness (QED) is 0.751. The zero-order chi connectivity index (χ0) is 12.8. The lowest BCUT2D eigenvalue weighted by molar-refractivity contribution is -0.131. The van der Waals surface area contributed by atoms with E-state index in [9.17, 15) is 4.79 Å². The largest absolute Gasteiger partial charge is 0.478 e. The molecular formula is C14H24O3. The first-order chi connectivity index (χ1) is 8.00.